The molecular formula is C39H50N4O8. The lowest BCUT2D eigenvalue weighted by molar-refractivity contribution is -0.147. The van der Waals surface area contributed by atoms with E-state index in [4.69, 9.17) is 14.2 Å². The number of rotatable bonds is 19. The van der Waals surface area contributed by atoms with E-state index in [1.165, 1.54) is 12.1 Å². The predicted octanol–water partition coefficient (Wildman–Crippen LogP) is 5.01. The number of amides is 3. The lowest BCUT2D eigenvalue weighted by Crippen LogP contribution is -2.52. The highest BCUT2D eigenvalue weighted by molar-refractivity contribution is 5.87. The van der Waals surface area contributed by atoms with Crippen LogP contribution in [0.2, 0.25) is 0 Å². The number of alkyl carbamates (subject to hydrolysis) is 1. The zero-order chi connectivity index (χ0) is 37.1. The fraction of sp³-hybridized carbons (Fsp3) is 0.410. The molecule has 0 saturated carbocycles. The van der Waals surface area contributed by atoms with E-state index in [9.17, 15) is 24.0 Å². The van der Waals surface area contributed by atoms with Gasteiger partial charge in [0.1, 0.15) is 31.4 Å². The van der Waals surface area contributed by atoms with Gasteiger partial charge in [-0.25, -0.2) is 9.80 Å². The van der Waals surface area contributed by atoms with E-state index < -0.39 is 41.6 Å². The van der Waals surface area contributed by atoms with Gasteiger partial charge in [-0.15, -0.1) is 0 Å². The number of likely N-dealkylation sites (N-methyl/N-ethyl adjacent to an activating group) is 1. The Morgan fingerprint density at radius 1 is 0.706 bits per heavy atom. The fourth-order valence-electron chi connectivity index (χ4n) is 5.01. The van der Waals surface area contributed by atoms with Crippen molar-refractivity contribution in [2.45, 2.75) is 90.2 Å². The lowest BCUT2D eigenvalue weighted by atomic mass is 10.0. The second-order valence-corrected chi connectivity index (χ2v) is 13.2. The van der Waals surface area contributed by atoms with Crippen LogP contribution in [-0.4, -0.2) is 66.1 Å². The van der Waals surface area contributed by atoms with Gasteiger partial charge in [0, 0.05) is 32.4 Å². The largest absolute Gasteiger partial charge is 0.461 e. The van der Waals surface area contributed by atoms with Crippen molar-refractivity contribution >= 4 is 29.8 Å². The van der Waals surface area contributed by atoms with Gasteiger partial charge >= 0.3 is 18.0 Å². The van der Waals surface area contributed by atoms with Gasteiger partial charge in [0.25, 0.3) is 0 Å². The van der Waals surface area contributed by atoms with Crippen LogP contribution in [0.4, 0.5) is 4.79 Å². The van der Waals surface area contributed by atoms with Crippen molar-refractivity contribution in [3.8, 4) is 0 Å². The predicted molar refractivity (Wildman–Crippen MR) is 192 cm³/mol. The van der Waals surface area contributed by atoms with Crippen molar-refractivity contribution in [3.63, 3.8) is 0 Å². The molecule has 0 aromatic heterocycles. The molecule has 12 heteroatoms. The molecule has 0 heterocycles. The van der Waals surface area contributed by atoms with Crippen LogP contribution >= 0.6 is 0 Å². The van der Waals surface area contributed by atoms with E-state index in [1.54, 1.807) is 20.8 Å². The van der Waals surface area contributed by atoms with Crippen LogP contribution in [0.3, 0.4) is 0 Å². The maximum atomic E-state index is 13.7. The van der Waals surface area contributed by atoms with Crippen LogP contribution in [0, 0.1) is 0 Å². The lowest BCUT2D eigenvalue weighted by Gasteiger charge is -2.26. The summed E-state index contributed by atoms with van der Waals surface area (Å²) in [6, 6.07) is 26.2. The molecule has 3 rings (SSSR count). The summed E-state index contributed by atoms with van der Waals surface area (Å²) in [4.78, 5) is 64.3. The SMILES string of the molecule is CN(CC(=O)OCc1ccccc1)NC(=O)C[C@H](CCCCC(=O)OCc1ccccc1)NC(=O)[C@H](Cc1ccccc1)NC(=O)OC(C)(C)C. The number of unbranched alkanes of at least 4 members (excludes halogenated alkanes) is 1. The standard InChI is InChI=1S/C39H50N4O8/c1-39(2,3)51-38(48)41-33(24-29-16-8-5-9-17-29)37(47)40-32(22-14-15-23-35(45)49-27-30-18-10-6-11-19-30)25-34(44)42-43(4)26-36(46)50-28-31-20-12-7-13-21-31/h5-13,16-21,32-33H,14-15,22-28H2,1-4H3,(H,40,47)(H,41,48)(H,42,44)/t32-,33-/m0/s1. The van der Waals surface area contributed by atoms with Crippen LogP contribution in [-0.2, 0) is 53.0 Å². The minimum absolute atomic E-state index is 0.108. The third-order valence-corrected chi connectivity index (χ3v) is 7.42. The Morgan fingerprint density at radius 3 is 1.78 bits per heavy atom. The molecule has 3 aromatic rings. The number of carbonyl (C=O) groups is 5. The molecule has 0 aliphatic heterocycles. The molecule has 12 nitrogen and oxygen atoms in total. The number of esters is 2. The first-order valence-corrected chi connectivity index (χ1v) is 17.1. The molecule has 2 atom stereocenters. The number of nitrogens with zero attached hydrogens (tertiary/aromatic N) is 1. The maximum absolute atomic E-state index is 13.7. The van der Waals surface area contributed by atoms with Crippen LogP contribution in [0.15, 0.2) is 91.0 Å². The summed E-state index contributed by atoms with van der Waals surface area (Å²) >= 11 is 0. The van der Waals surface area contributed by atoms with E-state index in [1.807, 2.05) is 91.0 Å². The zero-order valence-electron chi connectivity index (χ0n) is 29.9. The summed E-state index contributed by atoms with van der Waals surface area (Å²) < 4.78 is 16.1. The molecule has 0 aliphatic rings. The molecular weight excluding hydrogens is 652 g/mol. The van der Waals surface area contributed by atoms with Crippen molar-refractivity contribution in [2.24, 2.45) is 0 Å². The van der Waals surface area contributed by atoms with E-state index in [-0.39, 0.29) is 45.0 Å². The molecule has 51 heavy (non-hydrogen) atoms. The Labute approximate surface area is 300 Å². The second kappa shape index (κ2) is 21.1. The molecule has 0 bridgehead atoms. The Balaban J connectivity index is 1.61. The average molecular weight is 703 g/mol. The minimum Gasteiger partial charge on any atom is -0.461 e. The normalized spacial score (nSPS) is 12.3. The number of hydrogen-bond acceptors (Lipinski definition) is 9. The first-order chi connectivity index (χ1) is 24.4. The first kappa shape index (κ1) is 40.2. The van der Waals surface area contributed by atoms with Gasteiger partial charge in [-0.2, -0.15) is 0 Å². The summed E-state index contributed by atoms with van der Waals surface area (Å²) in [5.41, 5.74) is 4.43. The number of ether oxygens (including phenoxy) is 3. The third-order valence-electron chi connectivity index (χ3n) is 7.42. The summed E-state index contributed by atoms with van der Waals surface area (Å²) in [7, 11) is 1.54. The maximum Gasteiger partial charge on any atom is 0.408 e. The number of benzene rings is 3. The quantitative estimate of drug-likeness (QED) is 0.0678. The number of hydrogen-bond donors (Lipinski definition) is 3. The highest BCUT2D eigenvalue weighted by Gasteiger charge is 2.27. The number of carbonyl (C=O) groups excluding carboxylic acids is 5. The van der Waals surface area contributed by atoms with E-state index in [0.717, 1.165) is 16.7 Å². The minimum atomic E-state index is -0.997. The molecule has 0 aliphatic carbocycles. The summed E-state index contributed by atoms with van der Waals surface area (Å²) in [5, 5.41) is 6.92. The fourth-order valence-corrected chi connectivity index (χ4v) is 5.01. The van der Waals surface area contributed by atoms with Crippen LogP contribution in [0.25, 0.3) is 0 Å². The molecule has 3 amide bonds. The Kier molecular flexibility index (Phi) is 16.6. The van der Waals surface area contributed by atoms with Crippen molar-refractivity contribution in [1.82, 2.24) is 21.1 Å². The molecule has 0 saturated heterocycles. The molecule has 3 N–H and O–H groups in total. The molecule has 0 spiro atoms. The molecule has 0 unspecified atom stereocenters. The molecule has 274 valence electrons. The van der Waals surface area contributed by atoms with E-state index in [2.05, 4.69) is 16.1 Å². The van der Waals surface area contributed by atoms with Crippen molar-refractivity contribution < 1.29 is 38.2 Å². The third kappa shape index (κ3) is 17.3. The highest BCUT2D eigenvalue weighted by atomic mass is 16.6. The van der Waals surface area contributed by atoms with Gasteiger partial charge in [0.2, 0.25) is 11.8 Å². The van der Waals surface area contributed by atoms with Gasteiger partial charge in [0.05, 0.1) is 0 Å². The van der Waals surface area contributed by atoms with Crippen LogP contribution in [0.5, 0.6) is 0 Å². The van der Waals surface area contributed by atoms with E-state index >= 15 is 0 Å². The Hall–Kier alpha value is -5.23. The molecule has 3 aromatic carbocycles. The topological polar surface area (TPSA) is 152 Å². The first-order valence-electron chi connectivity index (χ1n) is 17.1. The summed E-state index contributed by atoms with van der Waals surface area (Å²) in [6.45, 7) is 5.27. The van der Waals surface area contributed by atoms with Gasteiger partial charge in [-0.05, 0) is 50.3 Å². The van der Waals surface area contributed by atoms with Crippen molar-refractivity contribution in [1.29, 1.82) is 0 Å². The van der Waals surface area contributed by atoms with Gasteiger partial charge < -0.3 is 24.8 Å². The average Bonchev–Trinajstić information content (AvgIpc) is 3.08. The van der Waals surface area contributed by atoms with Crippen molar-refractivity contribution in [2.75, 3.05) is 13.6 Å². The number of nitrogens with one attached hydrogen (secondary N) is 3. The number of hydrazine groups is 1. The second-order valence-electron chi connectivity index (χ2n) is 13.2. The molecule has 0 fully saturated rings. The van der Waals surface area contributed by atoms with Crippen LogP contribution < -0.4 is 16.1 Å². The van der Waals surface area contributed by atoms with Gasteiger partial charge in [-0.1, -0.05) is 97.4 Å². The summed E-state index contributed by atoms with van der Waals surface area (Å²) in [5.74, 6) is -1.81. The highest BCUT2D eigenvalue weighted by Crippen LogP contribution is 2.13. The zero-order valence-corrected chi connectivity index (χ0v) is 29.9. The monoisotopic (exact) mass is 702 g/mol. The van der Waals surface area contributed by atoms with Crippen molar-refractivity contribution in [3.05, 3.63) is 108 Å². The smallest absolute Gasteiger partial charge is 0.408 e. The molecule has 0 radical (unpaired) electrons. The Bertz CT molecular complexity index is 1530. The van der Waals surface area contributed by atoms with Gasteiger partial charge in [0.15, 0.2) is 0 Å². The van der Waals surface area contributed by atoms with Crippen LogP contribution in [0.1, 0.15) is 69.6 Å². The summed E-state index contributed by atoms with van der Waals surface area (Å²) in [6.07, 6.45) is 0.816. The Morgan fingerprint density at radius 2 is 1.24 bits per heavy atom. The van der Waals surface area contributed by atoms with Gasteiger partial charge in [-0.3, -0.25) is 24.6 Å². The van der Waals surface area contributed by atoms with E-state index in [0.29, 0.717) is 19.3 Å².